The van der Waals surface area contributed by atoms with E-state index >= 15 is 0 Å². The number of nitro benzene ring substituents is 1. The molecular formula is C16H12F3N3O4. The maximum Gasteiger partial charge on any atom is 0.416 e. The molecule has 1 aromatic carbocycles. The minimum Gasteiger partial charge on any atom is -0.471 e. The molecule has 136 valence electrons. The molecule has 0 spiro atoms. The zero-order valence-electron chi connectivity index (χ0n) is 13.1. The van der Waals surface area contributed by atoms with Gasteiger partial charge >= 0.3 is 6.18 Å². The lowest BCUT2D eigenvalue weighted by Gasteiger charge is -2.38. The van der Waals surface area contributed by atoms with Crippen LogP contribution in [-0.2, 0) is 6.18 Å². The van der Waals surface area contributed by atoms with Gasteiger partial charge in [-0.25, -0.2) is 4.98 Å². The second-order valence-corrected chi connectivity index (χ2v) is 5.64. The number of nitrogens with zero attached hydrogens (tertiary/aromatic N) is 3. The van der Waals surface area contributed by atoms with E-state index in [0.717, 1.165) is 18.3 Å². The highest BCUT2D eigenvalue weighted by Crippen LogP contribution is 2.31. The summed E-state index contributed by atoms with van der Waals surface area (Å²) in [7, 11) is 0. The number of likely N-dealkylation sites (tertiary alicyclic amines) is 1. The zero-order chi connectivity index (χ0) is 18.9. The van der Waals surface area contributed by atoms with Crippen molar-refractivity contribution in [1.29, 1.82) is 0 Å². The molecule has 0 aliphatic carbocycles. The van der Waals surface area contributed by atoms with Crippen LogP contribution in [0.3, 0.4) is 0 Å². The van der Waals surface area contributed by atoms with Gasteiger partial charge in [-0.05, 0) is 12.1 Å². The van der Waals surface area contributed by atoms with Crippen molar-refractivity contribution in [3.63, 3.8) is 0 Å². The van der Waals surface area contributed by atoms with E-state index in [9.17, 15) is 28.1 Å². The first-order valence-electron chi connectivity index (χ1n) is 7.47. The van der Waals surface area contributed by atoms with E-state index in [1.165, 1.54) is 29.2 Å². The molecule has 10 heteroatoms. The number of carbonyl (C=O) groups is 1. The maximum absolute atomic E-state index is 12.7. The third-order valence-electron chi connectivity index (χ3n) is 3.79. The van der Waals surface area contributed by atoms with Gasteiger partial charge in [0.15, 0.2) is 0 Å². The molecule has 2 heterocycles. The summed E-state index contributed by atoms with van der Waals surface area (Å²) in [6.07, 6.45) is -3.98. The van der Waals surface area contributed by atoms with Crippen LogP contribution in [-0.4, -0.2) is 39.9 Å². The number of nitro groups is 1. The molecule has 0 N–H and O–H groups in total. The number of aromatic nitrogens is 1. The van der Waals surface area contributed by atoms with E-state index in [2.05, 4.69) is 4.98 Å². The standard InChI is InChI=1S/C16H12F3N3O4/c17-16(18,19)11-4-5-20-14(7-11)26-13-8-21(9-13)15(23)10-2-1-3-12(6-10)22(24)25/h1-7,13H,8-9H2. The molecule has 0 unspecified atom stereocenters. The van der Waals surface area contributed by atoms with Gasteiger partial charge < -0.3 is 9.64 Å². The van der Waals surface area contributed by atoms with E-state index in [0.29, 0.717) is 0 Å². The summed E-state index contributed by atoms with van der Waals surface area (Å²) < 4.78 is 43.3. The maximum atomic E-state index is 12.7. The molecule has 1 fully saturated rings. The molecule has 0 bridgehead atoms. The molecule has 2 aromatic rings. The minimum atomic E-state index is -4.50. The zero-order valence-corrected chi connectivity index (χ0v) is 13.1. The smallest absolute Gasteiger partial charge is 0.416 e. The third-order valence-corrected chi connectivity index (χ3v) is 3.79. The quantitative estimate of drug-likeness (QED) is 0.613. The highest BCUT2D eigenvalue weighted by atomic mass is 19.4. The van der Waals surface area contributed by atoms with E-state index in [1.54, 1.807) is 0 Å². The fraction of sp³-hybridized carbons (Fsp3) is 0.250. The van der Waals surface area contributed by atoms with Crippen molar-refractivity contribution >= 4 is 11.6 Å². The Morgan fingerprint density at radius 3 is 2.65 bits per heavy atom. The average Bonchev–Trinajstić information content (AvgIpc) is 2.57. The first kappa shape index (κ1) is 17.6. The first-order chi connectivity index (χ1) is 12.2. The molecule has 1 aliphatic rings. The van der Waals surface area contributed by atoms with Gasteiger partial charge in [-0.3, -0.25) is 14.9 Å². The fourth-order valence-electron chi connectivity index (χ4n) is 2.43. The van der Waals surface area contributed by atoms with Crippen molar-refractivity contribution < 1.29 is 27.6 Å². The number of alkyl halides is 3. The van der Waals surface area contributed by atoms with Gasteiger partial charge in [-0.15, -0.1) is 0 Å². The lowest BCUT2D eigenvalue weighted by molar-refractivity contribution is -0.384. The van der Waals surface area contributed by atoms with E-state index in [1.807, 2.05) is 0 Å². The number of rotatable bonds is 4. The number of amides is 1. The van der Waals surface area contributed by atoms with Crippen molar-refractivity contribution in [2.45, 2.75) is 12.3 Å². The van der Waals surface area contributed by atoms with Crippen molar-refractivity contribution in [2.24, 2.45) is 0 Å². The number of halogens is 3. The normalized spacial score (nSPS) is 14.7. The van der Waals surface area contributed by atoms with Crippen LogP contribution in [0.15, 0.2) is 42.6 Å². The molecule has 1 amide bonds. The minimum absolute atomic E-state index is 0.152. The Balaban J connectivity index is 1.60. The molecular weight excluding hydrogens is 355 g/mol. The predicted molar refractivity (Wildman–Crippen MR) is 82.7 cm³/mol. The van der Waals surface area contributed by atoms with E-state index < -0.39 is 28.7 Å². The van der Waals surface area contributed by atoms with Crippen LogP contribution in [0.4, 0.5) is 18.9 Å². The molecule has 3 rings (SSSR count). The van der Waals surface area contributed by atoms with Crippen LogP contribution in [0.5, 0.6) is 5.88 Å². The Kier molecular flexibility index (Phi) is 4.49. The molecule has 0 atom stereocenters. The Morgan fingerprint density at radius 1 is 1.27 bits per heavy atom. The summed E-state index contributed by atoms with van der Waals surface area (Å²) in [6, 6.07) is 6.95. The number of carbonyl (C=O) groups excluding carboxylic acids is 1. The summed E-state index contributed by atoms with van der Waals surface area (Å²) in [4.78, 5) is 27.5. The SMILES string of the molecule is O=C(c1cccc([N+](=O)[O-])c1)N1CC(Oc2cc(C(F)(F)F)ccn2)C1. The number of pyridine rings is 1. The summed E-state index contributed by atoms with van der Waals surface area (Å²) in [5.74, 6) is -0.585. The second-order valence-electron chi connectivity index (χ2n) is 5.64. The Morgan fingerprint density at radius 2 is 2.00 bits per heavy atom. The monoisotopic (exact) mass is 367 g/mol. The van der Waals surface area contributed by atoms with Crippen molar-refractivity contribution in [3.05, 3.63) is 63.8 Å². The van der Waals surface area contributed by atoms with Crippen molar-refractivity contribution in [3.8, 4) is 5.88 Å². The number of non-ortho nitro benzene ring substituents is 1. The topological polar surface area (TPSA) is 85.6 Å². The average molecular weight is 367 g/mol. The van der Waals surface area contributed by atoms with Gasteiger partial charge in [-0.2, -0.15) is 13.2 Å². The van der Waals surface area contributed by atoms with Gasteiger partial charge in [0.2, 0.25) is 5.88 Å². The molecule has 0 saturated carbocycles. The third kappa shape index (κ3) is 3.73. The lowest BCUT2D eigenvalue weighted by atomic mass is 10.1. The van der Waals surface area contributed by atoms with Crippen molar-refractivity contribution in [1.82, 2.24) is 9.88 Å². The van der Waals surface area contributed by atoms with Crippen molar-refractivity contribution in [2.75, 3.05) is 13.1 Å². The highest BCUT2D eigenvalue weighted by molar-refractivity contribution is 5.95. The van der Waals surface area contributed by atoms with E-state index in [-0.39, 0.29) is 30.2 Å². The molecule has 1 saturated heterocycles. The van der Waals surface area contributed by atoms with Crippen LogP contribution in [0, 0.1) is 10.1 Å². The van der Waals surface area contributed by atoms with Gasteiger partial charge in [0.25, 0.3) is 11.6 Å². The van der Waals surface area contributed by atoms with E-state index in [4.69, 9.17) is 4.74 Å². The van der Waals surface area contributed by atoms with Crippen LogP contribution in [0.25, 0.3) is 0 Å². The molecule has 0 radical (unpaired) electrons. The van der Waals surface area contributed by atoms with Crippen LogP contribution in [0.1, 0.15) is 15.9 Å². The molecule has 1 aliphatic heterocycles. The fourth-order valence-corrected chi connectivity index (χ4v) is 2.43. The molecule has 26 heavy (non-hydrogen) atoms. The predicted octanol–water partition coefficient (Wildman–Crippen LogP) is 2.91. The number of hydrogen-bond acceptors (Lipinski definition) is 5. The van der Waals surface area contributed by atoms with Crippen LogP contribution >= 0.6 is 0 Å². The van der Waals surface area contributed by atoms with Gasteiger partial charge in [0.1, 0.15) is 6.10 Å². The second kappa shape index (κ2) is 6.62. The molecule has 1 aromatic heterocycles. The van der Waals surface area contributed by atoms with Gasteiger partial charge in [0.05, 0.1) is 23.6 Å². The lowest BCUT2D eigenvalue weighted by Crippen LogP contribution is -2.56. The van der Waals surface area contributed by atoms with Gasteiger partial charge in [-0.1, -0.05) is 6.07 Å². The summed E-state index contributed by atoms with van der Waals surface area (Å²) in [5.41, 5.74) is -0.904. The summed E-state index contributed by atoms with van der Waals surface area (Å²) in [6.45, 7) is 0.304. The number of hydrogen-bond donors (Lipinski definition) is 0. The summed E-state index contributed by atoms with van der Waals surface area (Å²) in [5, 5.41) is 10.8. The Hall–Kier alpha value is -3.17. The number of benzene rings is 1. The largest absolute Gasteiger partial charge is 0.471 e. The van der Waals surface area contributed by atoms with Crippen LogP contribution in [0.2, 0.25) is 0 Å². The Bertz CT molecular complexity index is 851. The highest BCUT2D eigenvalue weighted by Gasteiger charge is 2.35. The Labute approximate surface area is 145 Å². The van der Waals surface area contributed by atoms with Crippen LogP contribution < -0.4 is 4.74 Å². The summed E-state index contributed by atoms with van der Waals surface area (Å²) >= 11 is 0. The first-order valence-corrected chi connectivity index (χ1v) is 7.47. The van der Waals surface area contributed by atoms with Gasteiger partial charge in [0, 0.05) is 30.0 Å². The molecule has 7 nitrogen and oxygen atoms in total. The number of ether oxygens (including phenoxy) is 1.